The Morgan fingerprint density at radius 3 is 2.79 bits per heavy atom. The molecule has 0 saturated carbocycles. The molecule has 1 saturated heterocycles. The van der Waals surface area contributed by atoms with E-state index in [1.54, 1.807) is 0 Å². The second kappa shape index (κ2) is 10.7. The molecule has 4 N–H and O–H groups in total. The average molecular weight is 400 g/mol. The first-order chi connectivity index (χ1) is 14.1. The number of amidine groups is 1. The summed E-state index contributed by atoms with van der Waals surface area (Å²) in [5.41, 5.74) is 13.1. The molecule has 2 aliphatic heterocycles. The molecule has 29 heavy (non-hydrogen) atoms. The van der Waals surface area contributed by atoms with Crippen LogP contribution in [0.3, 0.4) is 0 Å². The summed E-state index contributed by atoms with van der Waals surface area (Å²) in [5.74, 6) is 1.52. The van der Waals surface area contributed by atoms with Crippen LogP contribution in [0.15, 0.2) is 34.3 Å². The lowest BCUT2D eigenvalue weighted by molar-refractivity contribution is 0.183. The van der Waals surface area contributed by atoms with Crippen LogP contribution in [0.5, 0.6) is 5.75 Å². The third-order valence-corrected chi connectivity index (χ3v) is 6.03. The van der Waals surface area contributed by atoms with E-state index in [0.717, 1.165) is 38.2 Å². The van der Waals surface area contributed by atoms with E-state index in [1.807, 2.05) is 12.3 Å². The summed E-state index contributed by atoms with van der Waals surface area (Å²) in [7, 11) is 0. The Hall–Kier alpha value is -1.92. The Morgan fingerprint density at radius 2 is 2.03 bits per heavy atom. The number of piperidine rings is 1. The molecule has 6 nitrogen and oxygen atoms in total. The minimum absolute atomic E-state index is 0.350. The Labute approximate surface area is 175 Å². The van der Waals surface area contributed by atoms with Gasteiger partial charge >= 0.3 is 0 Å². The smallest absolute Gasteiger partial charge is 0.192 e. The number of hydrogen-bond donors (Lipinski definition) is 2. The molecule has 1 fully saturated rings. The number of nitrogens with two attached hydrogens (primary N) is 2. The van der Waals surface area contributed by atoms with Crippen LogP contribution in [0, 0.1) is 5.41 Å². The number of ether oxygens (including phenoxy) is 1. The van der Waals surface area contributed by atoms with Crippen LogP contribution in [0.25, 0.3) is 0 Å². The lowest BCUT2D eigenvalue weighted by atomic mass is 9.76. The quantitative estimate of drug-likeness (QED) is 0.591. The number of unbranched alkanes of at least 4 members (excludes halogenated alkanes) is 2. The van der Waals surface area contributed by atoms with E-state index in [-0.39, 0.29) is 5.41 Å². The van der Waals surface area contributed by atoms with Crippen LogP contribution in [0.4, 0.5) is 0 Å². The van der Waals surface area contributed by atoms with Gasteiger partial charge in [-0.25, -0.2) is 4.99 Å². The highest BCUT2D eigenvalue weighted by atomic mass is 16.5. The molecular formula is C23H37N5O. The predicted octanol–water partition coefficient (Wildman–Crippen LogP) is 3.34. The molecule has 0 aromatic heterocycles. The second-order valence-corrected chi connectivity index (χ2v) is 8.39. The number of nitrogens with zero attached hydrogens (tertiary/aromatic N) is 3. The van der Waals surface area contributed by atoms with Crippen molar-refractivity contribution in [2.75, 3.05) is 26.2 Å². The van der Waals surface area contributed by atoms with Gasteiger partial charge in [-0.15, -0.1) is 0 Å². The first-order valence-electron chi connectivity index (χ1n) is 11.2. The van der Waals surface area contributed by atoms with Gasteiger partial charge in [0.1, 0.15) is 18.2 Å². The summed E-state index contributed by atoms with van der Waals surface area (Å²) in [6, 6.07) is 8.36. The third-order valence-electron chi connectivity index (χ3n) is 6.03. The Morgan fingerprint density at radius 1 is 1.21 bits per heavy atom. The molecule has 0 bridgehead atoms. The molecular weight excluding hydrogens is 362 g/mol. The normalized spacial score (nSPS) is 25.0. The van der Waals surface area contributed by atoms with Gasteiger partial charge in [-0.2, -0.15) is 0 Å². The van der Waals surface area contributed by atoms with Crippen molar-refractivity contribution >= 4 is 12.1 Å². The molecule has 1 aromatic carbocycles. The minimum atomic E-state index is -0.571. The van der Waals surface area contributed by atoms with E-state index >= 15 is 0 Å². The monoisotopic (exact) mass is 399 g/mol. The largest absolute Gasteiger partial charge is 0.492 e. The van der Waals surface area contributed by atoms with Crippen LogP contribution in [-0.4, -0.2) is 49.5 Å². The van der Waals surface area contributed by atoms with E-state index in [9.17, 15) is 0 Å². The summed E-state index contributed by atoms with van der Waals surface area (Å²) in [4.78, 5) is 11.2. The van der Waals surface area contributed by atoms with Gasteiger partial charge in [-0.1, -0.05) is 44.7 Å². The van der Waals surface area contributed by atoms with Gasteiger partial charge in [-0.05, 0) is 56.5 Å². The number of aliphatic imine (C=N–C) groups is 2. The van der Waals surface area contributed by atoms with Crippen LogP contribution in [0.1, 0.15) is 57.4 Å². The maximum absolute atomic E-state index is 6.38. The van der Waals surface area contributed by atoms with Crippen molar-refractivity contribution < 1.29 is 4.74 Å². The average Bonchev–Trinajstić information content (AvgIpc) is 2.72. The van der Waals surface area contributed by atoms with Crippen LogP contribution >= 0.6 is 0 Å². The van der Waals surface area contributed by atoms with Gasteiger partial charge in [-0.3, -0.25) is 15.6 Å². The molecule has 0 radical (unpaired) electrons. The van der Waals surface area contributed by atoms with E-state index in [4.69, 9.17) is 16.2 Å². The highest BCUT2D eigenvalue weighted by Gasteiger charge is 2.35. The lowest BCUT2D eigenvalue weighted by Gasteiger charge is -2.33. The van der Waals surface area contributed by atoms with E-state index in [0.29, 0.717) is 5.84 Å². The summed E-state index contributed by atoms with van der Waals surface area (Å²) in [6.07, 6.45) is 10.5. The fraction of sp³-hybridized carbons (Fsp3) is 0.652. The lowest BCUT2D eigenvalue weighted by Crippen LogP contribution is -2.45. The van der Waals surface area contributed by atoms with Crippen molar-refractivity contribution in [2.45, 2.75) is 64.6 Å². The van der Waals surface area contributed by atoms with Gasteiger partial charge in [0, 0.05) is 12.8 Å². The zero-order valence-corrected chi connectivity index (χ0v) is 17.9. The highest BCUT2D eigenvalue weighted by Crippen LogP contribution is 2.32. The molecule has 2 heterocycles. The Balaban J connectivity index is 1.62. The second-order valence-electron chi connectivity index (χ2n) is 8.39. The molecule has 2 unspecified atom stereocenters. The van der Waals surface area contributed by atoms with E-state index in [1.165, 1.54) is 50.8 Å². The van der Waals surface area contributed by atoms with Crippen LogP contribution in [0.2, 0.25) is 0 Å². The standard InChI is InChI=1S/C23H37N5O/c1-2-3-5-11-23(18-26-22(25)27-21(23)24)17-19-9-8-10-20(16-19)29-15-14-28-12-6-4-7-13-28/h8-10,16,18,22H,2-7,11-15,17,25H2,1H3,(H2,24,27). The summed E-state index contributed by atoms with van der Waals surface area (Å²) in [5, 5.41) is 0. The molecule has 1 aromatic rings. The van der Waals surface area contributed by atoms with Crippen molar-refractivity contribution in [3.8, 4) is 5.75 Å². The van der Waals surface area contributed by atoms with E-state index < -0.39 is 6.29 Å². The molecule has 0 spiro atoms. The molecule has 160 valence electrons. The fourth-order valence-electron chi connectivity index (χ4n) is 4.28. The van der Waals surface area contributed by atoms with Crippen LogP contribution < -0.4 is 16.2 Å². The SMILES string of the molecule is CCCCCC1(Cc2cccc(OCCN3CCCCC3)c2)C=NC(N)N=C1N. The Kier molecular flexibility index (Phi) is 8.07. The van der Waals surface area contributed by atoms with Gasteiger partial charge in [0.25, 0.3) is 0 Å². The third kappa shape index (κ3) is 6.28. The maximum atomic E-state index is 6.38. The topological polar surface area (TPSA) is 89.2 Å². The highest BCUT2D eigenvalue weighted by molar-refractivity contribution is 6.02. The zero-order valence-electron chi connectivity index (χ0n) is 17.9. The van der Waals surface area contributed by atoms with Gasteiger partial charge in [0.15, 0.2) is 6.29 Å². The van der Waals surface area contributed by atoms with Crippen LogP contribution in [-0.2, 0) is 6.42 Å². The number of likely N-dealkylation sites (tertiary alicyclic amines) is 1. The fourth-order valence-corrected chi connectivity index (χ4v) is 4.28. The van der Waals surface area contributed by atoms with E-state index in [2.05, 4.69) is 40.0 Å². The van der Waals surface area contributed by atoms with Crippen molar-refractivity contribution in [3.63, 3.8) is 0 Å². The summed E-state index contributed by atoms with van der Waals surface area (Å²) >= 11 is 0. The minimum Gasteiger partial charge on any atom is -0.492 e. The van der Waals surface area contributed by atoms with Crippen molar-refractivity contribution in [3.05, 3.63) is 29.8 Å². The summed E-state index contributed by atoms with van der Waals surface area (Å²) in [6.45, 7) is 6.33. The van der Waals surface area contributed by atoms with Crippen molar-refractivity contribution in [1.82, 2.24) is 4.90 Å². The Bertz CT molecular complexity index is 698. The van der Waals surface area contributed by atoms with Gasteiger partial charge < -0.3 is 10.5 Å². The molecule has 2 atom stereocenters. The first-order valence-corrected chi connectivity index (χ1v) is 11.2. The summed E-state index contributed by atoms with van der Waals surface area (Å²) < 4.78 is 6.06. The molecule has 2 aliphatic rings. The number of benzene rings is 1. The molecule has 3 rings (SSSR count). The van der Waals surface area contributed by atoms with Crippen molar-refractivity contribution in [2.24, 2.45) is 26.9 Å². The maximum Gasteiger partial charge on any atom is 0.192 e. The predicted molar refractivity (Wildman–Crippen MR) is 121 cm³/mol. The zero-order chi connectivity index (χ0) is 20.5. The van der Waals surface area contributed by atoms with Gasteiger partial charge in [0.05, 0.1) is 5.41 Å². The molecule has 0 aliphatic carbocycles. The first kappa shape index (κ1) is 21.8. The molecule has 0 amide bonds. The van der Waals surface area contributed by atoms with Crippen molar-refractivity contribution in [1.29, 1.82) is 0 Å². The number of rotatable bonds is 10. The number of hydrogen-bond acceptors (Lipinski definition) is 6. The van der Waals surface area contributed by atoms with Gasteiger partial charge in [0.2, 0.25) is 0 Å². The molecule has 6 heteroatoms.